The number of fused-ring (bicyclic) bond motifs is 13. The number of para-hydroxylation sites is 2. The lowest BCUT2D eigenvalue weighted by atomic mass is 9.69. The summed E-state index contributed by atoms with van der Waals surface area (Å²) in [6.45, 7) is 0. The van der Waals surface area contributed by atoms with Crippen molar-refractivity contribution < 1.29 is 0 Å². The van der Waals surface area contributed by atoms with Gasteiger partial charge in [-0.05, 0) is 52.1 Å². The van der Waals surface area contributed by atoms with E-state index in [4.69, 9.17) is 9.97 Å². The molecule has 0 fully saturated rings. The Bertz CT molecular complexity index is 2760. The molecule has 2 aromatic heterocycles. The first-order valence-electron chi connectivity index (χ1n) is 17.2. The molecule has 0 N–H and O–H groups in total. The van der Waals surface area contributed by atoms with Gasteiger partial charge in [0.25, 0.3) is 0 Å². The second-order valence-electron chi connectivity index (χ2n) is 13.3. The minimum absolute atomic E-state index is 0.618. The molecule has 1 atom stereocenters. The van der Waals surface area contributed by atoms with Crippen LogP contribution in [0.2, 0.25) is 0 Å². The van der Waals surface area contributed by atoms with Crippen LogP contribution in [-0.4, -0.2) is 14.5 Å². The van der Waals surface area contributed by atoms with E-state index in [1.165, 1.54) is 49.6 Å². The summed E-state index contributed by atoms with van der Waals surface area (Å²) in [5, 5.41) is 2.51. The Kier molecular flexibility index (Phi) is 5.59. The highest BCUT2D eigenvalue weighted by Crippen LogP contribution is 2.64. The zero-order chi connectivity index (χ0) is 32.8. The van der Waals surface area contributed by atoms with Gasteiger partial charge in [0.15, 0.2) is 5.82 Å². The number of aromatic nitrogens is 3. The van der Waals surface area contributed by atoms with E-state index >= 15 is 0 Å². The number of benzene rings is 7. The third-order valence-corrected chi connectivity index (χ3v) is 10.8. The van der Waals surface area contributed by atoms with E-state index in [9.17, 15) is 0 Å². The predicted molar refractivity (Wildman–Crippen MR) is 204 cm³/mol. The molecule has 0 saturated carbocycles. The second-order valence-corrected chi connectivity index (χ2v) is 13.3. The maximum absolute atomic E-state index is 5.47. The first-order chi connectivity index (χ1) is 24.8. The molecule has 1 spiro atoms. The van der Waals surface area contributed by atoms with Crippen LogP contribution < -0.4 is 0 Å². The Morgan fingerprint density at radius 3 is 1.62 bits per heavy atom. The Morgan fingerprint density at radius 2 is 0.920 bits per heavy atom. The summed E-state index contributed by atoms with van der Waals surface area (Å²) in [5.41, 5.74) is 15.6. The second kappa shape index (κ2) is 10.2. The maximum atomic E-state index is 5.47. The molecule has 232 valence electrons. The highest BCUT2D eigenvalue weighted by Gasteiger charge is 2.54. The molecule has 9 aromatic rings. The van der Waals surface area contributed by atoms with E-state index in [0.29, 0.717) is 0 Å². The van der Waals surface area contributed by atoms with Gasteiger partial charge in [0, 0.05) is 38.7 Å². The van der Waals surface area contributed by atoms with Gasteiger partial charge in [0.05, 0.1) is 27.8 Å². The zero-order valence-electron chi connectivity index (χ0n) is 27.1. The standard InChI is InChI=1S/C47H29N3/c1-3-15-30(16-4-1)44-43-45(49-46(48-44)31-17-5-2-6-18-31)37-22-8-12-24-39(37)47(43)38-23-11-7-19-33(38)34-28-27-32(29-40(34)47)50-41-25-13-9-20-35(41)36-21-10-14-26-42(36)50/h1-29H. The van der Waals surface area contributed by atoms with Crippen molar-refractivity contribution >= 4 is 21.8 Å². The molecular formula is C47H29N3. The Hall–Kier alpha value is -6.58. The first kappa shape index (κ1) is 27.4. The van der Waals surface area contributed by atoms with Crippen molar-refractivity contribution in [3.63, 3.8) is 0 Å². The molecule has 2 aliphatic rings. The zero-order valence-corrected chi connectivity index (χ0v) is 27.1. The summed E-state index contributed by atoms with van der Waals surface area (Å²) in [5.74, 6) is 0.737. The monoisotopic (exact) mass is 635 g/mol. The Morgan fingerprint density at radius 1 is 0.400 bits per heavy atom. The van der Waals surface area contributed by atoms with Gasteiger partial charge in [-0.25, -0.2) is 9.97 Å². The van der Waals surface area contributed by atoms with E-state index in [2.05, 4.69) is 174 Å². The highest BCUT2D eigenvalue weighted by molar-refractivity contribution is 6.09. The predicted octanol–water partition coefficient (Wildman–Crippen LogP) is 11.3. The Balaban J connectivity index is 1.29. The van der Waals surface area contributed by atoms with Crippen LogP contribution in [0.15, 0.2) is 176 Å². The average Bonchev–Trinajstić information content (AvgIpc) is 3.80. The van der Waals surface area contributed by atoms with E-state index < -0.39 is 5.41 Å². The van der Waals surface area contributed by atoms with Crippen LogP contribution in [0.1, 0.15) is 22.3 Å². The van der Waals surface area contributed by atoms with Gasteiger partial charge in [0.2, 0.25) is 0 Å². The third kappa shape index (κ3) is 3.53. The van der Waals surface area contributed by atoms with Gasteiger partial charge < -0.3 is 4.57 Å². The topological polar surface area (TPSA) is 30.7 Å². The fourth-order valence-corrected chi connectivity index (χ4v) is 8.85. The molecule has 0 saturated heterocycles. The highest BCUT2D eigenvalue weighted by atomic mass is 15.0. The number of hydrogen-bond donors (Lipinski definition) is 0. The molecule has 3 heteroatoms. The smallest absolute Gasteiger partial charge is 0.160 e. The number of hydrogen-bond acceptors (Lipinski definition) is 2. The summed E-state index contributed by atoms with van der Waals surface area (Å²) in [4.78, 5) is 10.9. The normalized spacial score (nSPS) is 15.3. The van der Waals surface area contributed by atoms with Gasteiger partial charge >= 0.3 is 0 Å². The van der Waals surface area contributed by atoms with E-state index in [-0.39, 0.29) is 0 Å². The molecular weight excluding hydrogens is 607 g/mol. The van der Waals surface area contributed by atoms with Crippen molar-refractivity contribution in [1.29, 1.82) is 0 Å². The van der Waals surface area contributed by atoms with Crippen LogP contribution in [0.4, 0.5) is 0 Å². The van der Waals surface area contributed by atoms with Crippen molar-refractivity contribution in [3.8, 4) is 50.7 Å². The van der Waals surface area contributed by atoms with Crippen LogP contribution >= 0.6 is 0 Å². The van der Waals surface area contributed by atoms with Crippen molar-refractivity contribution in [3.05, 3.63) is 198 Å². The molecule has 0 amide bonds. The fourth-order valence-electron chi connectivity index (χ4n) is 8.85. The van der Waals surface area contributed by atoms with Crippen LogP contribution in [0.3, 0.4) is 0 Å². The van der Waals surface area contributed by atoms with E-state index in [0.717, 1.165) is 45.2 Å². The molecule has 0 bridgehead atoms. The largest absolute Gasteiger partial charge is 0.309 e. The molecule has 0 aliphatic heterocycles. The molecule has 11 rings (SSSR count). The SMILES string of the molecule is c1ccc(-c2nc(-c3ccccc3)c3c(n2)-c2ccccc2C32c3ccccc3-c3ccc(-n4c5ccccc5c5ccccc54)cc32)cc1. The molecule has 2 aliphatic carbocycles. The number of rotatable bonds is 3. The molecule has 2 heterocycles. The average molecular weight is 636 g/mol. The van der Waals surface area contributed by atoms with Crippen molar-refractivity contribution in [2.24, 2.45) is 0 Å². The molecule has 0 radical (unpaired) electrons. The summed E-state index contributed by atoms with van der Waals surface area (Å²) in [6, 6.07) is 63.4. The van der Waals surface area contributed by atoms with E-state index in [1.807, 2.05) is 6.07 Å². The van der Waals surface area contributed by atoms with Crippen molar-refractivity contribution in [1.82, 2.24) is 14.5 Å². The van der Waals surface area contributed by atoms with Crippen LogP contribution in [0.25, 0.3) is 72.5 Å². The molecule has 50 heavy (non-hydrogen) atoms. The van der Waals surface area contributed by atoms with Crippen LogP contribution in [0.5, 0.6) is 0 Å². The fraction of sp³-hybridized carbons (Fsp3) is 0.0213. The van der Waals surface area contributed by atoms with Crippen molar-refractivity contribution in [2.75, 3.05) is 0 Å². The van der Waals surface area contributed by atoms with Gasteiger partial charge in [-0.2, -0.15) is 0 Å². The lowest BCUT2D eigenvalue weighted by Crippen LogP contribution is -2.27. The van der Waals surface area contributed by atoms with Crippen LogP contribution in [0, 0.1) is 0 Å². The summed E-state index contributed by atoms with van der Waals surface area (Å²) >= 11 is 0. The molecule has 7 aromatic carbocycles. The van der Waals surface area contributed by atoms with Crippen LogP contribution in [-0.2, 0) is 5.41 Å². The van der Waals surface area contributed by atoms with Gasteiger partial charge in [-0.3, -0.25) is 0 Å². The summed E-state index contributed by atoms with van der Waals surface area (Å²) < 4.78 is 2.43. The van der Waals surface area contributed by atoms with Gasteiger partial charge in [-0.1, -0.05) is 152 Å². The Labute approximate surface area is 289 Å². The van der Waals surface area contributed by atoms with Crippen molar-refractivity contribution in [2.45, 2.75) is 5.41 Å². The molecule has 3 nitrogen and oxygen atoms in total. The maximum Gasteiger partial charge on any atom is 0.160 e. The summed E-state index contributed by atoms with van der Waals surface area (Å²) in [7, 11) is 0. The molecule has 1 unspecified atom stereocenters. The summed E-state index contributed by atoms with van der Waals surface area (Å²) in [6.07, 6.45) is 0. The number of nitrogens with zero attached hydrogens (tertiary/aromatic N) is 3. The minimum Gasteiger partial charge on any atom is -0.309 e. The third-order valence-electron chi connectivity index (χ3n) is 10.8. The minimum atomic E-state index is -0.618. The van der Waals surface area contributed by atoms with E-state index in [1.54, 1.807) is 0 Å². The van der Waals surface area contributed by atoms with Gasteiger partial charge in [0.1, 0.15) is 0 Å². The lowest BCUT2D eigenvalue weighted by Gasteiger charge is -2.32. The van der Waals surface area contributed by atoms with Gasteiger partial charge in [-0.15, -0.1) is 0 Å². The first-order valence-corrected chi connectivity index (χ1v) is 17.2. The lowest BCUT2D eigenvalue weighted by molar-refractivity contribution is 0.787. The quantitative estimate of drug-likeness (QED) is 0.193.